The molecule has 1 amide bonds. The Morgan fingerprint density at radius 3 is 2.32 bits per heavy atom. The molecule has 0 aliphatic carbocycles. The van der Waals surface area contributed by atoms with Gasteiger partial charge in [0, 0.05) is 5.69 Å². The van der Waals surface area contributed by atoms with Gasteiger partial charge in [-0.3, -0.25) is 9.10 Å². The van der Waals surface area contributed by atoms with E-state index >= 15 is 0 Å². The third kappa shape index (κ3) is 6.03. The first-order valence-electron chi connectivity index (χ1n) is 9.10. The number of carbonyl (C=O) groups is 2. The fraction of sp³-hybridized carbons (Fsp3) is 0.300. The number of esters is 1. The molecule has 2 aromatic rings. The lowest BCUT2D eigenvalue weighted by atomic mass is 10.2. The summed E-state index contributed by atoms with van der Waals surface area (Å²) in [5.74, 6) is -0.831. The van der Waals surface area contributed by atoms with Crippen LogP contribution in [0.3, 0.4) is 0 Å². The molecule has 2 rings (SSSR count). The van der Waals surface area contributed by atoms with Gasteiger partial charge in [0.1, 0.15) is 11.8 Å². The zero-order valence-electron chi connectivity index (χ0n) is 17.3. The van der Waals surface area contributed by atoms with Gasteiger partial charge in [-0.15, -0.1) is 0 Å². The Morgan fingerprint density at radius 1 is 1.13 bits per heavy atom. The molecule has 1 N–H and O–H groups in total. The summed E-state index contributed by atoms with van der Waals surface area (Å²) in [6.07, 6.45) is 0.986. The Hall–Kier alpha value is -2.49. The van der Waals surface area contributed by atoms with E-state index in [2.05, 4.69) is 5.32 Å². The average molecular weight is 489 g/mol. The number of amides is 1. The first-order chi connectivity index (χ1) is 14.5. The average Bonchev–Trinajstić information content (AvgIpc) is 2.67. The van der Waals surface area contributed by atoms with Gasteiger partial charge in [-0.25, -0.2) is 13.2 Å². The largest absolute Gasteiger partial charge is 0.495 e. The SMILES string of the molecule is CCOC(=O)c1ccc(NC(=O)[C@H](C)N(c2ccc(OC)c(Cl)c2)S(C)(=O)=O)cc1Cl. The number of sulfonamides is 1. The maximum Gasteiger partial charge on any atom is 0.339 e. The van der Waals surface area contributed by atoms with Crippen molar-refractivity contribution < 1.29 is 27.5 Å². The van der Waals surface area contributed by atoms with E-state index in [1.165, 1.54) is 50.4 Å². The first-order valence-corrected chi connectivity index (χ1v) is 11.7. The molecule has 11 heteroatoms. The molecule has 0 bridgehead atoms. The number of rotatable bonds is 8. The van der Waals surface area contributed by atoms with Crippen LogP contribution in [0.4, 0.5) is 11.4 Å². The predicted molar refractivity (Wildman–Crippen MR) is 121 cm³/mol. The van der Waals surface area contributed by atoms with Crippen LogP contribution in [0.2, 0.25) is 10.0 Å². The zero-order chi connectivity index (χ0) is 23.3. The van der Waals surface area contributed by atoms with Gasteiger partial charge in [0.2, 0.25) is 15.9 Å². The van der Waals surface area contributed by atoms with E-state index in [9.17, 15) is 18.0 Å². The normalized spacial score (nSPS) is 12.1. The maximum atomic E-state index is 12.8. The van der Waals surface area contributed by atoms with Crippen molar-refractivity contribution in [2.75, 3.05) is 29.6 Å². The van der Waals surface area contributed by atoms with E-state index in [1.807, 2.05) is 0 Å². The van der Waals surface area contributed by atoms with Crippen molar-refractivity contribution in [3.63, 3.8) is 0 Å². The number of halogens is 2. The van der Waals surface area contributed by atoms with Crippen LogP contribution >= 0.6 is 23.2 Å². The second-order valence-corrected chi connectivity index (χ2v) is 9.13. The highest BCUT2D eigenvalue weighted by atomic mass is 35.5. The van der Waals surface area contributed by atoms with E-state index in [4.69, 9.17) is 32.7 Å². The fourth-order valence-corrected chi connectivity index (χ4v) is 4.49. The van der Waals surface area contributed by atoms with Crippen LogP contribution in [-0.2, 0) is 19.6 Å². The van der Waals surface area contributed by atoms with E-state index in [1.54, 1.807) is 6.92 Å². The van der Waals surface area contributed by atoms with Crippen LogP contribution in [0.5, 0.6) is 5.75 Å². The summed E-state index contributed by atoms with van der Waals surface area (Å²) in [5.41, 5.74) is 0.642. The van der Waals surface area contributed by atoms with Crippen molar-refractivity contribution in [1.82, 2.24) is 0 Å². The standard InChI is InChI=1S/C20H22Cl2N2O6S/c1-5-30-20(26)15-8-6-13(10-16(15)21)23-19(25)12(2)24(31(4,27)28)14-7-9-18(29-3)17(22)11-14/h6-12H,5H2,1-4H3,(H,23,25)/t12-/m0/s1. The quantitative estimate of drug-likeness (QED) is 0.563. The van der Waals surface area contributed by atoms with Crippen LogP contribution in [0.1, 0.15) is 24.2 Å². The monoisotopic (exact) mass is 488 g/mol. The Morgan fingerprint density at radius 2 is 1.81 bits per heavy atom. The summed E-state index contributed by atoms with van der Waals surface area (Å²) in [6.45, 7) is 3.30. The van der Waals surface area contributed by atoms with E-state index in [0.29, 0.717) is 5.75 Å². The number of ether oxygens (including phenoxy) is 2. The molecule has 8 nitrogen and oxygen atoms in total. The second-order valence-electron chi connectivity index (χ2n) is 6.46. The second kappa shape index (κ2) is 10.2. The molecule has 0 radical (unpaired) electrons. The van der Waals surface area contributed by atoms with Gasteiger partial charge in [0.05, 0.1) is 41.3 Å². The Kier molecular flexibility index (Phi) is 8.16. The number of nitrogens with zero attached hydrogens (tertiary/aromatic N) is 1. The summed E-state index contributed by atoms with van der Waals surface area (Å²) >= 11 is 12.2. The molecule has 1 atom stereocenters. The van der Waals surface area contributed by atoms with Crippen molar-refractivity contribution >= 4 is 56.5 Å². The highest BCUT2D eigenvalue weighted by Crippen LogP contribution is 2.31. The molecular weight excluding hydrogens is 467 g/mol. The Labute approximate surface area is 191 Å². The molecule has 31 heavy (non-hydrogen) atoms. The lowest BCUT2D eigenvalue weighted by Gasteiger charge is -2.28. The van der Waals surface area contributed by atoms with Gasteiger partial charge in [-0.2, -0.15) is 0 Å². The lowest BCUT2D eigenvalue weighted by Crippen LogP contribution is -2.45. The molecule has 0 unspecified atom stereocenters. The number of carbonyl (C=O) groups excluding carboxylic acids is 2. The number of anilines is 2. The number of hydrogen-bond acceptors (Lipinski definition) is 6. The van der Waals surface area contributed by atoms with Crippen LogP contribution in [0.15, 0.2) is 36.4 Å². The van der Waals surface area contributed by atoms with Gasteiger partial charge < -0.3 is 14.8 Å². The van der Waals surface area contributed by atoms with Gasteiger partial charge in [0.15, 0.2) is 0 Å². The number of hydrogen-bond donors (Lipinski definition) is 1. The summed E-state index contributed by atoms with van der Waals surface area (Å²) in [5, 5.41) is 2.89. The number of benzene rings is 2. The third-order valence-corrected chi connectivity index (χ3v) is 6.06. The van der Waals surface area contributed by atoms with Crippen molar-refractivity contribution in [3.05, 3.63) is 52.0 Å². The molecule has 0 saturated heterocycles. The van der Waals surface area contributed by atoms with E-state index in [-0.39, 0.29) is 33.6 Å². The number of nitrogens with one attached hydrogen (secondary N) is 1. The molecule has 0 saturated carbocycles. The Balaban J connectivity index is 2.29. The summed E-state index contributed by atoms with van der Waals surface area (Å²) in [7, 11) is -2.40. The first kappa shape index (κ1) is 24.8. The molecular formula is C20H22Cl2N2O6S. The fourth-order valence-electron chi connectivity index (χ4n) is 2.82. The van der Waals surface area contributed by atoms with Crippen molar-refractivity contribution in [3.8, 4) is 5.75 Å². The molecule has 168 valence electrons. The molecule has 0 aliphatic rings. The van der Waals surface area contributed by atoms with Gasteiger partial charge in [0.25, 0.3) is 0 Å². The van der Waals surface area contributed by atoms with Gasteiger partial charge in [-0.05, 0) is 50.2 Å². The summed E-state index contributed by atoms with van der Waals surface area (Å²) in [6, 6.07) is 7.54. The van der Waals surface area contributed by atoms with Crippen LogP contribution in [0.25, 0.3) is 0 Å². The maximum absolute atomic E-state index is 12.8. The highest BCUT2D eigenvalue weighted by molar-refractivity contribution is 7.92. The summed E-state index contributed by atoms with van der Waals surface area (Å²) in [4.78, 5) is 24.7. The lowest BCUT2D eigenvalue weighted by molar-refractivity contribution is -0.116. The van der Waals surface area contributed by atoms with Crippen molar-refractivity contribution in [2.45, 2.75) is 19.9 Å². The molecule has 0 aromatic heterocycles. The predicted octanol–water partition coefficient (Wildman–Crippen LogP) is 3.97. The Bertz CT molecular complexity index is 1090. The molecule has 2 aromatic carbocycles. The topological polar surface area (TPSA) is 102 Å². The molecule has 0 heterocycles. The molecule has 0 aliphatic heterocycles. The van der Waals surface area contributed by atoms with Crippen molar-refractivity contribution in [2.24, 2.45) is 0 Å². The molecule has 0 spiro atoms. The van der Waals surface area contributed by atoms with E-state index in [0.717, 1.165) is 10.6 Å². The van der Waals surface area contributed by atoms with Crippen LogP contribution in [-0.4, -0.2) is 46.3 Å². The van der Waals surface area contributed by atoms with Gasteiger partial charge >= 0.3 is 5.97 Å². The van der Waals surface area contributed by atoms with Gasteiger partial charge in [-0.1, -0.05) is 23.2 Å². The summed E-state index contributed by atoms with van der Waals surface area (Å²) < 4.78 is 35.8. The highest BCUT2D eigenvalue weighted by Gasteiger charge is 2.30. The minimum absolute atomic E-state index is 0.0887. The van der Waals surface area contributed by atoms with Crippen LogP contribution in [0, 0.1) is 0 Å². The molecule has 0 fully saturated rings. The third-order valence-electron chi connectivity index (χ3n) is 4.21. The van der Waals surface area contributed by atoms with Crippen LogP contribution < -0.4 is 14.4 Å². The minimum atomic E-state index is -3.84. The minimum Gasteiger partial charge on any atom is -0.495 e. The van der Waals surface area contributed by atoms with E-state index < -0.39 is 27.9 Å². The zero-order valence-corrected chi connectivity index (χ0v) is 19.6. The van der Waals surface area contributed by atoms with Crippen molar-refractivity contribution in [1.29, 1.82) is 0 Å². The smallest absolute Gasteiger partial charge is 0.339 e. The number of methoxy groups -OCH3 is 1.